The Morgan fingerprint density at radius 3 is 2.19 bits per heavy atom. The maximum atomic E-state index is 13.6. The smallest absolute Gasteiger partial charge is 0.141 e. The molecule has 0 N–H and O–H groups in total. The van der Waals surface area contributed by atoms with Gasteiger partial charge in [0.15, 0.2) is 0 Å². The van der Waals surface area contributed by atoms with E-state index in [1.54, 1.807) is 13.2 Å². The second-order valence-electron chi connectivity index (χ2n) is 4.26. The first-order valence-electron chi connectivity index (χ1n) is 5.98. The monoisotopic (exact) mass is 480 g/mol. The van der Waals surface area contributed by atoms with Crippen LogP contribution in [0, 0.1) is 5.82 Å². The Hall–Kier alpha value is -0.590. The molecule has 0 radical (unpaired) electrons. The molecule has 2 nitrogen and oxygen atoms in total. The summed E-state index contributed by atoms with van der Waals surface area (Å²) in [6, 6.07) is 8.85. The SMILES string of the molecule is COc1ccc(C(Br)c2cc(Br)c(F)cc2OC)cc1Br. The summed E-state index contributed by atoms with van der Waals surface area (Å²) in [6.45, 7) is 0. The first-order chi connectivity index (χ1) is 9.97. The number of alkyl halides is 1. The Kier molecular flexibility index (Phi) is 5.68. The second-order valence-corrected chi connectivity index (χ2v) is 6.89. The van der Waals surface area contributed by atoms with Crippen molar-refractivity contribution in [3.8, 4) is 11.5 Å². The quantitative estimate of drug-likeness (QED) is 0.509. The lowest BCUT2D eigenvalue weighted by Crippen LogP contribution is -1.99. The van der Waals surface area contributed by atoms with Gasteiger partial charge in [-0.1, -0.05) is 22.0 Å². The zero-order valence-corrected chi connectivity index (χ0v) is 16.1. The minimum atomic E-state index is -0.355. The van der Waals surface area contributed by atoms with Gasteiger partial charge in [-0.15, -0.1) is 0 Å². The van der Waals surface area contributed by atoms with Crippen molar-refractivity contribution in [1.82, 2.24) is 0 Å². The molecule has 1 atom stereocenters. The van der Waals surface area contributed by atoms with Crippen LogP contribution < -0.4 is 9.47 Å². The van der Waals surface area contributed by atoms with Gasteiger partial charge in [-0.25, -0.2) is 4.39 Å². The summed E-state index contributed by atoms with van der Waals surface area (Å²) in [4.78, 5) is -0.133. The Morgan fingerprint density at radius 1 is 0.952 bits per heavy atom. The predicted octanol–water partition coefficient (Wildman–Crippen LogP) is 5.85. The highest BCUT2D eigenvalue weighted by molar-refractivity contribution is 9.11. The fourth-order valence-corrected chi connectivity index (χ4v) is 3.50. The summed E-state index contributed by atoms with van der Waals surface area (Å²) < 4.78 is 25.4. The van der Waals surface area contributed by atoms with Crippen LogP contribution in [0.3, 0.4) is 0 Å². The molecule has 0 amide bonds. The molecule has 112 valence electrons. The summed E-state index contributed by atoms with van der Waals surface area (Å²) in [5.41, 5.74) is 1.84. The van der Waals surface area contributed by atoms with Crippen molar-refractivity contribution in [2.45, 2.75) is 4.83 Å². The lowest BCUT2D eigenvalue weighted by atomic mass is 10.0. The third-order valence-electron chi connectivity index (χ3n) is 3.01. The van der Waals surface area contributed by atoms with Crippen LogP contribution in [-0.2, 0) is 0 Å². The minimum absolute atomic E-state index is 0.133. The molecule has 6 heteroatoms. The van der Waals surface area contributed by atoms with Crippen molar-refractivity contribution in [2.75, 3.05) is 14.2 Å². The van der Waals surface area contributed by atoms with Gasteiger partial charge in [0.25, 0.3) is 0 Å². The largest absolute Gasteiger partial charge is 0.496 e. The highest BCUT2D eigenvalue weighted by Gasteiger charge is 2.19. The van der Waals surface area contributed by atoms with E-state index >= 15 is 0 Å². The molecule has 0 bridgehead atoms. The average Bonchev–Trinajstić information content (AvgIpc) is 2.48. The first-order valence-corrected chi connectivity index (χ1v) is 8.48. The van der Waals surface area contributed by atoms with Crippen molar-refractivity contribution in [3.63, 3.8) is 0 Å². The van der Waals surface area contributed by atoms with E-state index in [-0.39, 0.29) is 10.6 Å². The van der Waals surface area contributed by atoms with Gasteiger partial charge in [-0.05, 0) is 55.6 Å². The van der Waals surface area contributed by atoms with Crippen LogP contribution in [0.25, 0.3) is 0 Å². The van der Waals surface area contributed by atoms with Crippen LogP contribution in [0.4, 0.5) is 4.39 Å². The number of methoxy groups -OCH3 is 2. The van der Waals surface area contributed by atoms with E-state index in [1.807, 2.05) is 18.2 Å². The highest BCUT2D eigenvalue weighted by Crippen LogP contribution is 2.40. The zero-order valence-electron chi connectivity index (χ0n) is 11.3. The number of hydrogen-bond acceptors (Lipinski definition) is 2. The molecule has 21 heavy (non-hydrogen) atoms. The molecule has 0 aliphatic carbocycles. The summed E-state index contributed by atoms with van der Waals surface area (Å²) >= 11 is 10.3. The standard InChI is InChI=1S/C15H12Br3FO2/c1-20-13-4-3-8(5-11(13)17)15(18)9-6-10(16)12(19)7-14(9)21-2/h3-7,15H,1-2H3. The molecule has 2 aromatic rings. The van der Waals surface area contributed by atoms with Crippen LogP contribution in [0.1, 0.15) is 16.0 Å². The maximum absolute atomic E-state index is 13.6. The Balaban J connectivity index is 2.46. The van der Waals surface area contributed by atoms with Crippen LogP contribution in [0.2, 0.25) is 0 Å². The van der Waals surface area contributed by atoms with Crippen molar-refractivity contribution >= 4 is 47.8 Å². The topological polar surface area (TPSA) is 18.5 Å². The van der Waals surface area contributed by atoms with Crippen LogP contribution in [0.15, 0.2) is 39.3 Å². The lowest BCUT2D eigenvalue weighted by molar-refractivity contribution is 0.406. The molecular weight excluding hydrogens is 471 g/mol. The molecule has 0 aliphatic heterocycles. The average molecular weight is 483 g/mol. The third kappa shape index (κ3) is 3.60. The molecule has 0 aromatic heterocycles. The molecule has 2 rings (SSSR count). The van der Waals surface area contributed by atoms with E-state index in [2.05, 4.69) is 47.8 Å². The predicted molar refractivity (Wildman–Crippen MR) is 92.1 cm³/mol. The van der Waals surface area contributed by atoms with Gasteiger partial charge in [-0.3, -0.25) is 0 Å². The fraction of sp³-hybridized carbons (Fsp3) is 0.200. The highest BCUT2D eigenvalue weighted by atomic mass is 79.9. The molecular formula is C15H12Br3FO2. The summed E-state index contributed by atoms with van der Waals surface area (Å²) in [5.74, 6) is 0.890. The van der Waals surface area contributed by atoms with Gasteiger partial charge in [0.1, 0.15) is 17.3 Å². The van der Waals surface area contributed by atoms with Crippen molar-refractivity contribution in [1.29, 1.82) is 0 Å². The number of rotatable bonds is 4. The molecule has 0 fully saturated rings. The minimum Gasteiger partial charge on any atom is -0.496 e. The van der Waals surface area contributed by atoms with Gasteiger partial charge < -0.3 is 9.47 Å². The van der Waals surface area contributed by atoms with Crippen LogP contribution in [-0.4, -0.2) is 14.2 Å². The Bertz CT molecular complexity index is 662. The third-order valence-corrected chi connectivity index (χ3v) is 5.26. The molecule has 0 spiro atoms. The van der Waals surface area contributed by atoms with Gasteiger partial charge in [0.05, 0.1) is 28.0 Å². The Labute approximate surface area is 148 Å². The van der Waals surface area contributed by atoms with Gasteiger partial charge in [-0.2, -0.15) is 0 Å². The molecule has 2 aromatic carbocycles. The van der Waals surface area contributed by atoms with E-state index in [1.165, 1.54) is 13.2 Å². The van der Waals surface area contributed by atoms with Gasteiger partial charge >= 0.3 is 0 Å². The number of ether oxygens (including phenoxy) is 2. The fourth-order valence-electron chi connectivity index (χ4n) is 1.94. The van der Waals surface area contributed by atoms with E-state index < -0.39 is 0 Å². The number of benzene rings is 2. The van der Waals surface area contributed by atoms with Crippen LogP contribution in [0.5, 0.6) is 11.5 Å². The second kappa shape index (κ2) is 7.11. The van der Waals surface area contributed by atoms with Crippen molar-refractivity contribution in [3.05, 3.63) is 56.2 Å². The summed E-state index contributed by atoms with van der Waals surface area (Å²) in [5, 5.41) is 0. The number of halogens is 4. The van der Waals surface area contributed by atoms with Crippen molar-refractivity contribution < 1.29 is 13.9 Å². The molecule has 0 saturated carbocycles. The molecule has 0 heterocycles. The summed E-state index contributed by atoms with van der Waals surface area (Å²) in [7, 11) is 3.14. The van der Waals surface area contributed by atoms with Gasteiger partial charge in [0.2, 0.25) is 0 Å². The summed E-state index contributed by atoms with van der Waals surface area (Å²) in [6.07, 6.45) is 0. The van der Waals surface area contributed by atoms with Crippen molar-refractivity contribution in [2.24, 2.45) is 0 Å². The lowest BCUT2D eigenvalue weighted by Gasteiger charge is -2.16. The normalized spacial score (nSPS) is 12.1. The van der Waals surface area contributed by atoms with E-state index in [0.29, 0.717) is 10.2 Å². The van der Waals surface area contributed by atoms with E-state index in [9.17, 15) is 4.39 Å². The maximum Gasteiger partial charge on any atom is 0.141 e. The Morgan fingerprint density at radius 2 is 1.62 bits per heavy atom. The van der Waals surface area contributed by atoms with E-state index in [4.69, 9.17) is 9.47 Å². The van der Waals surface area contributed by atoms with E-state index in [0.717, 1.165) is 21.3 Å². The first kappa shape index (κ1) is 16.8. The number of hydrogen-bond donors (Lipinski definition) is 0. The molecule has 1 unspecified atom stereocenters. The van der Waals surface area contributed by atoms with Gasteiger partial charge in [0, 0.05) is 11.6 Å². The zero-order chi connectivity index (χ0) is 15.6. The molecule has 0 saturated heterocycles. The van der Waals surface area contributed by atoms with Crippen LogP contribution >= 0.6 is 47.8 Å². The molecule has 0 aliphatic rings.